The van der Waals surface area contributed by atoms with E-state index in [1.807, 2.05) is 34.9 Å². The van der Waals surface area contributed by atoms with Crippen LogP contribution in [0.2, 0.25) is 0 Å². The van der Waals surface area contributed by atoms with E-state index in [1.54, 1.807) is 44.6 Å². The van der Waals surface area contributed by atoms with Gasteiger partial charge in [-0.15, -0.1) is 0 Å². The molecule has 7 nitrogen and oxygen atoms in total. The number of esters is 1. The molecule has 154 valence electrons. The molecule has 0 N–H and O–H groups in total. The van der Waals surface area contributed by atoms with Gasteiger partial charge in [0.2, 0.25) is 0 Å². The van der Waals surface area contributed by atoms with Crippen LogP contribution >= 0.6 is 0 Å². The first-order valence-electron chi connectivity index (χ1n) is 9.77. The predicted molar refractivity (Wildman–Crippen MR) is 115 cm³/mol. The molecule has 0 aliphatic heterocycles. The molecular formula is C24H20N4O3. The Hall–Kier alpha value is -4.02. The van der Waals surface area contributed by atoms with E-state index in [0.29, 0.717) is 30.0 Å². The maximum atomic E-state index is 11.9. The molecule has 2 aromatic heterocycles. The second-order valence-electron chi connectivity index (χ2n) is 6.86. The summed E-state index contributed by atoms with van der Waals surface area (Å²) in [7, 11) is 1.62. The number of imidazole rings is 1. The summed E-state index contributed by atoms with van der Waals surface area (Å²) in [6, 6.07) is 14.8. The molecule has 0 fully saturated rings. The van der Waals surface area contributed by atoms with Crippen molar-refractivity contribution < 1.29 is 14.3 Å². The number of carbonyl (C=O) groups excluding carboxylic acids is 1. The highest BCUT2D eigenvalue weighted by Gasteiger charge is 2.13. The zero-order valence-corrected chi connectivity index (χ0v) is 17.2. The summed E-state index contributed by atoms with van der Waals surface area (Å²) in [6.07, 6.45) is 5.40. The summed E-state index contributed by atoms with van der Waals surface area (Å²) in [5.41, 5.74) is 6.10. The number of hydrogen-bond acceptors (Lipinski definition) is 6. The van der Waals surface area contributed by atoms with Crippen LogP contribution in [0.15, 0.2) is 61.1 Å². The quantitative estimate of drug-likeness (QED) is 0.440. The van der Waals surface area contributed by atoms with Crippen molar-refractivity contribution in [1.29, 1.82) is 5.26 Å². The molecule has 4 rings (SSSR count). The van der Waals surface area contributed by atoms with Crippen LogP contribution in [-0.2, 0) is 16.1 Å². The molecule has 0 aliphatic rings. The highest BCUT2D eigenvalue weighted by atomic mass is 16.5. The summed E-state index contributed by atoms with van der Waals surface area (Å²) in [4.78, 5) is 20.9. The van der Waals surface area contributed by atoms with Gasteiger partial charge < -0.3 is 9.47 Å². The maximum Gasteiger partial charge on any atom is 0.338 e. The van der Waals surface area contributed by atoms with Gasteiger partial charge in [-0.05, 0) is 36.8 Å². The van der Waals surface area contributed by atoms with E-state index in [1.165, 1.54) is 0 Å². The van der Waals surface area contributed by atoms with Gasteiger partial charge in [0.1, 0.15) is 0 Å². The van der Waals surface area contributed by atoms with Crippen molar-refractivity contribution in [2.24, 2.45) is 0 Å². The Morgan fingerprint density at radius 3 is 2.65 bits per heavy atom. The number of fused-ring (bicyclic) bond motifs is 1. The Labute approximate surface area is 179 Å². The summed E-state index contributed by atoms with van der Waals surface area (Å²) in [6.45, 7) is 2.49. The van der Waals surface area contributed by atoms with Crippen molar-refractivity contribution in [3.63, 3.8) is 0 Å². The first-order chi connectivity index (χ1) is 15.1. The Morgan fingerprint density at radius 2 is 1.94 bits per heavy atom. The average molecular weight is 412 g/mol. The fourth-order valence-electron chi connectivity index (χ4n) is 3.42. The molecule has 0 saturated heterocycles. The van der Waals surface area contributed by atoms with Crippen molar-refractivity contribution in [3.05, 3.63) is 77.7 Å². The van der Waals surface area contributed by atoms with Crippen molar-refractivity contribution in [2.75, 3.05) is 13.7 Å². The largest absolute Gasteiger partial charge is 0.462 e. The highest BCUT2D eigenvalue weighted by molar-refractivity contribution is 5.90. The molecule has 0 spiro atoms. The van der Waals surface area contributed by atoms with Gasteiger partial charge in [0, 0.05) is 24.4 Å². The van der Waals surface area contributed by atoms with Crippen molar-refractivity contribution >= 4 is 11.6 Å². The van der Waals surface area contributed by atoms with Crippen LogP contribution < -0.4 is 0 Å². The average Bonchev–Trinajstić information content (AvgIpc) is 3.22. The highest BCUT2D eigenvalue weighted by Crippen LogP contribution is 2.28. The van der Waals surface area contributed by atoms with Crippen LogP contribution in [0, 0.1) is 11.3 Å². The third kappa shape index (κ3) is 4.02. The van der Waals surface area contributed by atoms with E-state index in [4.69, 9.17) is 9.47 Å². The molecule has 31 heavy (non-hydrogen) atoms. The van der Waals surface area contributed by atoms with Crippen LogP contribution in [0.25, 0.3) is 28.2 Å². The Balaban J connectivity index is 1.76. The first kappa shape index (κ1) is 20.3. The number of aromatic nitrogens is 3. The van der Waals surface area contributed by atoms with Gasteiger partial charge in [0.15, 0.2) is 5.65 Å². The fraction of sp³-hybridized carbons (Fsp3) is 0.167. The summed E-state index contributed by atoms with van der Waals surface area (Å²) < 4.78 is 12.3. The molecular weight excluding hydrogens is 392 g/mol. The van der Waals surface area contributed by atoms with Crippen LogP contribution in [-0.4, -0.2) is 34.1 Å². The molecule has 0 aliphatic carbocycles. The molecule has 4 aromatic rings. The first-order valence-corrected chi connectivity index (χ1v) is 9.77. The minimum Gasteiger partial charge on any atom is -0.462 e. The SMILES string of the molecule is CCOC(=O)c1ccc(-c2cn3c(-c4ccc(C#N)cc4COC)cnc3cn2)cc1. The lowest BCUT2D eigenvalue weighted by Crippen LogP contribution is -2.04. The van der Waals surface area contributed by atoms with E-state index < -0.39 is 0 Å². The normalized spacial score (nSPS) is 10.7. The lowest BCUT2D eigenvalue weighted by molar-refractivity contribution is 0.0526. The van der Waals surface area contributed by atoms with Crippen molar-refractivity contribution in [1.82, 2.24) is 14.4 Å². The third-order valence-electron chi connectivity index (χ3n) is 4.90. The molecule has 2 aromatic carbocycles. The van der Waals surface area contributed by atoms with Crippen LogP contribution in [0.5, 0.6) is 0 Å². The topological polar surface area (TPSA) is 89.5 Å². The minimum absolute atomic E-state index is 0.336. The lowest BCUT2D eigenvalue weighted by atomic mass is 10.0. The van der Waals surface area contributed by atoms with E-state index in [2.05, 4.69) is 16.0 Å². The second-order valence-corrected chi connectivity index (χ2v) is 6.86. The van der Waals surface area contributed by atoms with E-state index in [-0.39, 0.29) is 5.97 Å². The van der Waals surface area contributed by atoms with Crippen molar-refractivity contribution in [2.45, 2.75) is 13.5 Å². The second kappa shape index (κ2) is 8.78. The molecule has 0 saturated carbocycles. The van der Waals surface area contributed by atoms with E-state index >= 15 is 0 Å². The number of methoxy groups -OCH3 is 1. The van der Waals surface area contributed by atoms with Gasteiger partial charge in [-0.1, -0.05) is 18.2 Å². The number of benzene rings is 2. The van der Waals surface area contributed by atoms with Gasteiger partial charge >= 0.3 is 5.97 Å². The zero-order chi connectivity index (χ0) is 21.8. The predicted octanol–water partition coefficient (Wildman–Crippen LogP) is 4.26. The molecule has 0 amide bonds. The van der Waals surface area contributed by atoms with Gasteiger partial charge in [0.05, 0.1) is 54.2 Å². The third-order valence-corrected chi connectivity index (χ3v) is 4.90. The summed E-state index contributed by atoms with van der Waals surface area (Å²) >= 11 is 0. The summed E-state index contributed by atoms with van der Waals surface area (Å²) in [5.74, 6) is -0.346. The summed E-state index contributed by atoms with van der Waals surface area (Å²) in [5, 5.41) is 9.22. The number of rotatable bonds is 6. The molecule has 0 atom stereocenters. The van der Waals surface area contributed by atoms with Crippen molar-refractivity contribution in [3.8, 4) is 28.6 Å². The monoisotopic (exact) mass is 412 g/mol. The molecule has 0 unspecified atom stereocenters. The van der Waals surface area contributed by atoms with Crippen LogP contribution in [0.3, 0.4) is 0 Å². The standard InChI is InChI=1S/C24H20N4O3/c1-3-31-24(29)18-7-5-17(6-8-18)21-14-28-22(12-27-23(28)13-26-21)20-9-4-16(11-25)10-19(20)15-30-2/h4-10,12-14H,3,15H2,1-2H3. The zero-order valence-electron chi connectivity index (χ0n) is 17.2. The Kier molecular flexibility index (Phi) is 5.74. The van der Waals surface area contributed by atoms with Gasteiger partial charge in [-0.2, -0.15) is 5.26 Å². The number of nitrogens with zero attached hydrogens (tertiary/aromatic N) is 4. The molecule has 2 heterocycles. The molecule has 0 bridgehead atoms. The minimum atomic E-state index is -0.346. The fourth-order valence-corrected chi connectivity index (χ4v) is 3.42. The van der Waals surface area contributed by atoms with Crippen LogP contribution in [0.4, 0.5) is 0 Å². The molecule has 0 radical (unpaired) electrons. The molecule has 7 heteroatoms. The van der Waals surface area contributed by atoms with E-state index in [9.17, 15) is 10.1 Å². The van der Waals surface area contributed by atoms with Gasteiger partial charge in [-0.3, -0.25) is 9.38 Å². The lowest BCUT2D eigenvalue weighted by Gasteiger charge is -2.10. The van der Waals surface area contributed by atoms with Gasteiger partial charge in [-0.25, -0.2) is 9.78 Å². The number of carbonyl (C=O) groups is 1. The van der Waals surface area contributed by atoms with E-state index in [0.717, 1.165) is 28.1 Å². The number of nitriles is 1. The Bertz CT molecular complexity index is 1290. The van der Waals surface area contributed by atoms with Crippen LogP contribution in [0.1, 0.15) is 28.4 Å². The van der Waals surface area contributed by atoms with Gasteiger partial charge in [0.25, 0.3) is 0 Å². The maximum absolute atomic E-state index is 11.9. The number of hydrogen-bond donors (Lipinski definition) is 0. The smallest absolute Gasteiger partial charge is 0.338 e. The Morgan fingerprint density at radius 1 is 1.13 bits per heavy atom. The number of ether oxygens (including phenoxy) is 2.